The third-order valence-corrected chi connectivity index (χ3v) is 5.97. The van der Waals surface area contributed by atoms with Crippen LogP contribution in [0.25, 0.3) is 11.1 Å². The van der Waals surface area contributed by atoms with Crippen molar-refractivity contribution in [1.82, 2.24) is 9.58 Å². The van der Waals surface area contributed by atoms with Crippen LogP contribution >= 0.6 is 0 Å². The summed E-state index contributed by atoms with van der Waals surface area (Å²) in [6.45, 7) is 2.25. The summed E-state index contributed by atoms with van der Waals surface area (Å²) in [5.41, 5.74) is 7.98. The van der Waals surface area contributed by atoms with Crippen molar-refractivity contribution in [3.63, 3.8) is 0 Å². The SMILES string of the molecule is C[C@H]1O[C@@H](n2cc(-c3ccccc3)c3c2N=CN(Nc2cccc(CO)c2)C3)[C@H](O)[C@@H]1O. The smallest absolute Gasteiger partial charge is 0.164 e. The van der Waals surface area contributed by atoms with E-state index in [1.807, 2.05) is 70.4 Å². The highest BCUT2D eigenvalue weighted by Gasteiger charge is 2.42. The molecule has 3 aromatic rings. The fourth-order valence-corrected chi connectivity index (χ4v) is 4.28. The lowest BCUT2D eigenvalue weighted by molar-refractivity contribution is -0.0308. The Morgan fingerprint density at radius 2 is 1.91 bits per heavy atom. The van der Waals surface area contributed by atoms with E-state index in [1.165, 1.54) is 0 Å². The summed E-state index contributed by atoms with van der Waals surface area (Å²) in [7, 11) is 0. The maximum atomic E-state index is 10.6. The molecule has 1 fully saturated rings. The highest BCUT2D eigenvalue weighted by Crippen LogP contribution is 2.41. The van der Waals surface area contributed by atoms with Gasteiger partial charge in [-0.3, -0.25) is 10.4 Å². The topological polar surface area (TPSA) is 102 Å². The Kier molecular flexibility index (Phi) is 5.44. The number of aliphatic hydroxyl groups excluding tert-OH is 3. The Balaban J connectivity index is 1.51. The molecule has 4 atom stereocenters. The van der Waals surface area contributed by atoms with Gasteiger partial charge in [0.1, 0.15) is 24.4 Å². The lowest BCUT2D eigenvalue weighted by Crippen LogP contribution is -2.31. The number of aliphatic imine (C=N–C) groups is 1. The van der Waals surface area contributed by atoms with Crippen LogP contribution in [0.3, 0.4) is 0 Å². The van der Waals surface area contributed by atoms with Gasteiger partial charge in [0, 0.05) is 17.3 Å². The summed E-state index contributed by atoms with van der Waals surface area (Å²) in [6, 6.07) is 17.6. The zero-order valence-electron chi connectivity index (χ0n) is 17.7. The number of benzene rings is 2. The predicted molar refractivity (Wildman–Crippen MR) is 121 cm³/mol. The average Bonchev–Trinajstić information content (AvgIpc) is 3.32. The van der Waals surface area contributed by atoms with Crippen LogP contribution in [0.5, 0.6) is 0 Å². The molecule has 0 radical (unpaired) electrons. The van der Waals surface area contributed by atoms with E-state index in [4.69, 9.17) is 4.74 Å². The molecule has 1 aromatic heterocycles. The quantitative estimate of drug-likeness (QED) is 0.493. The predicted octanol–water partition coefficient (Wildman–Crippen LogP) is 2.79. The first-order valence-electron chi connectivity index (χ1n) is 10.6. The van der Waals surface area contributed by atoms with Crippen LogP contribution in [0.2, 0.25) is 0 Å². The Morgan fingerprint density at radius 1 is 1.09 bits per heavy atom. The molecule has 2 aliphatic heterocycles. The number of hydrogen-bond donors (Lipinski definition) is 4. The van der Waals surface area contributed by atoms with Crippen LogP contribution in [0.1, 0.15) is 24.3 Å². The normalized spacial score (nSPS) is 24.6. The number of rotatable bonds is 5. The molecule has 5 rings (SSSR count). The Labute approximate surface area is 186 Å². The summed E-state index contributed by atoms with van der Waals surface area (Å²) in [5, 5.41) is 32.1. The molecule has 166 valence electrons. The van der Waals surface area contributed by atoms with E-state index in [-0.39, 0.29) is 6.61 Å². The van der Waals surface area contributed by atoms with Gasteiger partial charge in [0.25, 0.3) is 0 Å². The number of hydrazine groups is 1. The molecule has 0 unspecified atom stereocenters. The van der Waals surface area contributed by atoms with E-state index < -0.39 is 24.5 Å². The zero-order chi connectivity index (χ0) is 22.2. The molecule has 0 amide bonds. The van der Waals surface area contributed by atoms with Crippen LogP contribution in [0.15, 0.2) is 65.8 Å². The van der Waals surface area contributed by atoms with Gasteiger partial charge in [-0.25, -0.2) is 4.99 Å². The number of aromatic nitrogens is 1. The van der Waals surface area contributed by atoms with Gasteiger partial charge in [0.05, 0.1) is 24.9 Å². The van der Waals surface area contributed by atoms with Crippen LogP contribution in [0.4, 0.5) is 11.5 Å². The van der Waals surface area contributed by atoms with Crippen LogP contribution < -0.4 is 5.43 Å². The maximum absolute atomic E-state index is 10.6. The lowest BCUT2D eigenvalue weighted by atomic mass is 10.0. The van der Waals surface area contributed by atoms with Crippen molar-refractivity contribution in [3.8, 4) is 11.1 Å². The van der Waals surface area contributed by atoms with E-state index in [1.54, 1.807) is 13.3 Å². The van der Waals surface area contributed by atoms with Gasteiger partial charge in [0.2, 0.25) is 0 Å². The minimum Gasteiger partial charge on any atom is -0.392 e. The summed E-state index contributed by atoms with van der Waals surface area (Å²) in [5.74, 6) is 0.691. The molecule has 2 aromatic carbocycles. The van der Waals surface area contributed by atoms with Crippen LogP contribution in [0, 0.1) is 0 Å². The average molecular weight is 434 g/mol. The third kappa shape index (κ3) is 3.67. The van der Waals surface area contributed by atoms with Crippen LogP contribution in [-0.2, 0) is 17.9 Å². The minimum atomic E-state index is -1.04. The molecule has 32 heavy (non-hydrogen) atoms. The Bertz CT molecular complexity index is 1130. The molecular weight excluding hydrogens is 408 g/mol. The van der Waals surface area contributed by atoms with Crippen molar-refractivity contribution in [2.45, 2.75) is 44.6 Å². The Hall–Kier alpha value is -3.17. The highest BCUT2D eigenvalue weighted by atomic mass is 16.6. The summed E-state index contributed by atoms with van der Waals surface area (Å²) < 4.78 is 7.69. The number of anilines is 1. The summed E-state index contributed by atoms with van der Waals surface area (Å²) in [4.78, 5) is 4.67. The van der Waals surface area contributed by atoms with Gasteiger partial charge >= 0.3 is 0 Å². The van der Waals surface area contributed by atoms with Gasteiger partial charge in [-0.15, -0.1) is 0 Å². The molecular formula is C24H26N4O4. The molecule has 0 saturated carbocycles. The van der Waals surface area contributed by atoms with E-state index >= 15 is 0 Å². The minimum absolute atomic E-state index is 0.0250. The van der Waals surface area contributed by atoms with Crippen molar-refractivity contribution in [3.05, 3.63) is 71.9 Å². The van der Waals surface area contributed by atoms with E-state index in [0.717, 1.165) is 27.9 Å². The number of hydrogen-bond acceptors (Lipinski definition) is 7. The lowest BCUT2D eigenvalue weighted by Gasteiger charge is -2.26. The van der Waals surface area contributed by atoms with Gasteiger partial charge in [0.15, 0.2) is 6.23 Å². The second-order valence-electron chi connectivity index (χ2n) is 8.17. The molecule has 8 heteroatoms. The fraction of sp³-hybridized carbons (Fsp3) is 0.292. The van der Waals surface area contributed by atoms with Gasteiger partial charge < -0.3 is 24.6 Å². The third-order valence-electron chi connectivity index (χ3n) is 5.97. The maximum Gasteiger partial charge on any atom is 0.164 e. The van der Waals surface area contributed by atoms with E-state index in [9.17, 15) is 15.3 Å². The largest absolute Gasteiger partial charge is 0.392 e. The van der Waals surface area contributed by atoms with Gasteiger partial charge in [-0.05, 0) is 30.2 Å². The van der Waals surface area contributed by atoms with Crippen molar-refractivity contribution >= 4 is 17.8 Å². The number of fused-ring (bicyclic) bond motifs is 1. The number of nitrogens with zero attached hydrogens (tertiary/aromatic N) is 3. The molecule has 8 nitrogen and oxygen atoms in total. The first kappa shape index (κ1) is 20.7. The second-order valence-corrected chi connectivity index (χ2v) is 8.17. The summed E-state index contributed by atoms with van der Waals surface area (Å²) in [6.07, 6.45) is 0.439. The Morgan fingerprint density at radius 3 is 2.62 bits per heavy atom. The van der Waals surface area contributed by atoms with Crippen molar-refractivity contribution in [2.75, 3.05) is 5.43 Å². The van der Waals surface area contributed by atoms with Crippen molar-refractivity contribution in [1.29, 1.82) is 0 Å². The number of aliphatic hydroxyl groups is 3. The number of ether oxygens (including phenoxy) is 1. The van der Waals surface area contributed by atoms with Gasteiger partial charge in [-0.2, -0.15) is 0 Å². The van der Waals surface area contributed by atoms with Crippen LogP contribution in [-0.4, -0.2) is 49.5 Å². The molecule has 2 aliphatic rings. The van der Waals surface area contributed by atoms with Crippen molar-refractivity contribution in [2.24, 2.45) is 4.99 Å². The fourth-order valence-electron chi connectivity index (χ4n) is 4.28. The molecule has 0 spiro atoms. The molecule has 3 heterocycles. The van der Waals surface area contributed by atoms with Crippen molar-refractivity contribution < 1.29 is 20.1 Å². The number of nitrogens with one attached hydrogen (secondary N) is 1. The standard InChI is InChI=1S/C24H26N4O4/c1-15-21(30)22(31)24(32-15)28-12-19(17-7-3-2-4-8-17)20-11-27(14-25-23(20)28)26-18-9-5-6-16(10-18)13-29/h2-10,12,14-15,21-22,24,26,29-31H,11,13H2,1H3/t15-,21-,22-,24-/m1/s1. The van der Waals surface area contributed by atoms with Gasteiger partial charge in [-0.1, -0.05) is 42.5 Å². The first-order chi connectivity index (χ1) is 15.5. The molecule has 1 saturated heterocycles. The zero-order valence-corrected chi connectivity index (χ0v) is 17.7. The monoisotopic (exact) mass is 434 g/mol. The molecule has 0 bridgehead atoms. The second kappa shape index (κ2) is 8.40. The first-order valence-corrected chi connectivity index (χ1v) is 10.6. The molecule has 0 aliphatic carbocycles. The molecule has 4 N–H and O–H groups in total. The summed E-state index contributed by atoms with van der Waals surface area (Å²) >= 11 is 0. The van der Waals surface area contributed by atoms with E-state index in [0.29, 0.717) is 12.4 Å². The highest BCUT2D eigenvalue weighted by molar-refractivity contribution is 5.77. The van der Waals surface area contributed by atoms with E-state index in [2.05, 4.69) is 10.4 Å².